The minimum atomic E-state index is -3.43. The number of rotatable bonds is 9. The van der Waals surface area contributed by atoms with Crippen LogP contribution in [0.15, 0.2) is 24.3 Å². The van der Waals surface area contributed by atoms with Crippen molar-refractivity contribution in [2.45, 2.75) is 19.8 Å². The number of carbonyl (C=O) groups is 1. The van der Waals surface area contributed by atoms with Crippen LogP contribution in [-0.2, 0) is 14.8 Å². The van der Waals surface area contributed by atoms with E-state index in [0.717, 1.165) is 5.56 Å². The van der Waals surface area contributed by atoms with Crippen LogP contribution in [0.5, 0.6) is 5.75 Å². The van der Waals surface area contributed by atoms with Crippen molar-refractivity contribution in [2.75, 3.05) is 26.0 Å². The van der Waals surface area contributed by atoms with E-state index < -0.39 is 16.0 Å². The van der Waals surface area contributed by atoms with Crippen molar-refractivity contribution >= 4 is 16.0 Å². The molecule has 0 aliphatic rings. The fourth-order valence-electron chi connectivity index (χ4n) is 1.63. The summed E-state index contributed by atoms with van der Waals surface area (Å²) < 4.78 is 30.4. The Balaban J connectivity index is 2.36. The number of benzene rings is 1. The number of carboxylic acid groups (broad SMARTS) is 1. The van der Waals surface area contributed by atoms with Gasteiger partial charge in [0.05, 0.1) is 5.75 Å². The van der Waals surface area contributed by atoms with Crippen LogP contribution in [0.4, 0.5) is 0 Å². The summed E-state index contributed by atoms with van der Waals surface area (Å²) in [5.74, 6) is -0.465. The van der Waals surface area contributed by atoms with Crippen LogP contribution in [0.1, 0.15) is 18.4 Å². The summed E-state index contributed by atoms with van der Waals surface area (Å²) in [5, 5.41) is 8.51. The number of hydrogen-bond donors (Lipinski definition) is 1. The van der Waals surface area contributed by atoms with E-state index in [9.17, 15) is 13.2 Å². The van der Waals surface area contributed by atoms with E-state index >= 15 is 0 Å². The first kappa shape index (κ1) is 17.5. The van der Waals surface area contributed by atoms with Gasteiger partial charge < -0.3 is 9.84 Å². The van der Waals surface area contributed by atoms with Crippen LogP contribution in [0, 0.1) is 6.92 Å². The van der Waals surface area contributed by atoms with Gasteiger partial charge in [-0.3, -0.25) is 4.79 Å². The van der Waals surface area contributed by atoms with E-state index in [4.69, 9.17) is 9.84 Å². The molecule has 0 radical (unpaired) electrons. The molecule has 0 bridgehead atoms. The Morgan fingerprint density at radius 2 is 1.90 bits per heavy atom. The lowest BCUT2D eigenvalue weighted by Crippen LogP contribution is -2.33. The lowest BCUT2D eigenvalue weighted by atomic mass is 10.2. The zero-order valence-corrected chi connectivity index (χ0v) is 13.1. The van der Waals surface area contributed by atoms with E-state index in [0.29, 0.717) is 5.75 Å². The molecule has 0 amide bonds. The summed E-state index contributed by atoms with van der Waals surface area (Å²) in [5.41, 5.74) is 1.13. The Bertz CT molecular complexity index is 553. The Morgan fingerprint density at radius 1 is 1.29 bits per heavy atom. The second-order valence-electron chi connectivity index (χ2n) is 4.80. The van der Waals surface area contributed by atoms with Gasteiger partial charge in [-0.05, 0) is 25.5 Å². The molecule has 6 nitrogen and oxygen atoms in total. The number of aryl methyl sites for hydroxylation is 1. The summed E-state index contributed by atoms with van der Waals surface area (Å²) in [6.45, 7) is 2.45. The van der Waals surface area contributed by atoms with Gasteiger partial charge >= 0.3 is 5.97 Å². The zero-order valence-electron chi connectivity index (χ0n) is 12.3. The Kier molecular flexibility index (Phi) is 6.64. The number of likely N-dealkylation sites (N-methyl/N-ethyl adjacent to an activating group) is 1. The summed E-state index contributed by atoms with van der Waals surface area (Å²) in [7, 11) is -1.96. The first-order chi connectivity index (χ1) is 9.81. The highest BCUT2D eigenvalue weighted by Gasteiger charge is 2.17. The maximum Gasteiger partial charge on any atom is 0.303 e. The molecular formula is C14H21NO5S. The molecule has 118 valence electrons. The highest BCUT2D eigenvalue weighted by Crippen LogP contribution is 2.11. The van der Waals surface area contributed by atoms with E-state index in [2.05, 4.69) is 0 Å². The third kappa shape index (κ3) is 6.59. The lowest BCUT2D eigenvalue weighted by Gasteiger charge is -2.17. The van der Waals surface area contributed by atoms with Crippen molar-refractivity contribution < 1.29 is 23.1 Å². The van der Waals surface area contributed by atoms with Crippen LogP contribution in [0.25, 0.3) is 0 Å². The molecule has 0 saturated heterocycles. The van der Waals surface area contributed by atoms with Crippen LogP contribution >= 0.6 is 0 Å². The maximum absolute atomic E-state index is 11.9. The van der Waals surface area contributed by atoms with Gasteiger partial charge in [-0.1, -0.05) is 17.7 Å². The molecule has 21 heavy (non-hydrogen) atoms. The Morgan fingerprint density at radius 3 is 2.48 bits per heavy atom. The molecule has 1 rings (SSSR count). The number of hydrogen-bond acceptors (Lipinski definition) is 4. The number of carboxylic acids is 1. The second-order valence-corrected chi connectivity index (χ2v) is 6.99. The monoisotopic (exact) mass is 315 g/mol. The van der Waals surface area contributed by atoms with Gasteiger partial charge in [0.15, 0.2) is 0 Å². The summed E-state index contributed by atoms with van der Waals surface area (Å²) in [4.78, 5) is 10.4. The van der Waals surface area contributed by atoms with Crippen LogP contribution in [0.2, 0.25) is 0 Å². The highest BCUT2D eigenvalue weighted by molar-refractivity contribution is 7.89. The number of nitrogens with zero attached hydrogens (tertiary/aromatic N) is 1. The smallest absolute Gasteiger partial charge is 0.303 e. The molecule has 0 atom stereocenters. The molecule has 0 saturated carbocycles. The van der Waals surface area contributed by atoms with E-state index in [1.165, 1.54) is 11.4 Å². The summed E-state index contributed by atoms with van der Waals surface area (Å²) in [6.07, 6.45) is -0.0340. The largest absolute Gasteiger partial charge is 0.492 e. The van der Waals surface area contributed by atoms with Crippen molar-refractivity contribution in [1.82, 2.24) is 4.31 Å². The number of ether oxygens (including phenoxy) is 1. The maximum atomic E-state index is 11.9. The lowest BCUT2D eigenvalue weighted by molar-refractivity contribution is -0.137. The van der Waals surface area contributed by atoms with Crippen LogP contribution in [-0.4, -0.2) is 49.8 Å². The van der Waals surface area contributed by atoms with Crippen molar-refractivity contribution in [3.05, 3.63) is 29.8 Å². The zero-order chi connectivity index (χ0) is 15.9. The number of sulfonamides is 1. The number of aliphatic carboxylic acids is 1. The second kappa shape index (κ2) is 7.99. The average Bonchev–Trinajstić information content (AvgIpc) is 2.40. The topological polar surface area (TPSA) is 83.9 Å². The van der Waals surface area contributed by atoms with Gasteiger partial charge in [0, 0.05) is 20.0 Å². The molecule has 0 unspecified atom stereocenters. The third-order valence-electron chi connectivity index (χ3n) is 2.96. The molecule has 0 spiro atoms. The predicted molar refractivity (Wildman–Crippen MR) is 80.0 cm³/mol. The molecule has 0 fully saturated rings. The molecule has 7 heteroatoms. The first-order valence-electron chi connectivity index (χ1n) is 6.66. The molecule has 0 aliphatic carbocycles. The van der Waals surface area contributed by atoms with Crippen molar-refractivity contribution in [3.8, 4) is 5.75 Å². The molecule has 1 N–H and O–H groups in total. The van der Waals surface area contributed by atoms with Gasteiger partial charge in [0.1, 0.15) is 12.4 Å². The van der Waals surface area contributed by atoms with Gasteiger partial charge in [-0.25, -0.2) is 12.7 Å². The predicted octanol–water partition coefficient (Wildman–Crippen LogP) is 1.50. The quantitative estimate of drug-likeness (QED) is 0.746. The van der Waals surface area contributed by atoms with Gasteiger partial charge in [-0.2, -0.15) is 0 Å². The van der Waals surface area contributed by atoms with E-state index in [1.807, 2.05) is 31.2 Å². The molecule has 0 aliphatic heterocycles. The molecular weight excluding hydrogens is 294 g/mol. The molecule has 1 aromatic rings. The standard InChI is InChI=1S/C14H21NO5S/c1-12-5-7-13(8-6-12)20-10-9-15(2)21(18,19)11-3-4-14(16)17/h5-8H,3-4,9-11H2,1-2H3,(H,16,17). The summed E-state index contributed by atoms with van der Waals surface area (Å²) in [6, 6.07) is 7.50. The van der Waals surface area contributed by atoms with Crippen LogP contribution in [0.3, 0.4) is 0 Å². The van der Waals surface area contributed by atoms with Crippen LogP contribution < -0.4 is 4.74 Å². The SMILES string of the molecule is Cc1ccc(OCCN(C)S(=O)(=O)CCCC(=O)O)cc1. The minimum absolute atomic E-state index is 0.112. The fourth-order valence-corrected chi connectivity index (χ4v) is 2.80. The van der Waals surface area contributed by atoms with Gasteiger partial charge in [0.2, 0.25) is 10.0 Å². The first-order valence-corrected chi connectivity index (χ1v) is 8.27. The van der Waals surface area contributed by atoms with E-state index in [1.54, 1.807) is 0 Å². The van der Waals surface area contributed by atoms with E-state index in [-0.39, 0.29) is 31.7 Å². The van der Waals surface area contributed by atoms with Crippen molar-refractivity contribution in [1.29, 1.82) is 0 Å². The van der Waals surface area contributed by atoms with Gasteiger partial charge in [-0.15, -0.1) is 0 Å². The third-order valence-corrected chi connectivity index (χ3v) is 4.90. The average molecular weight is 315 g/mol. The highest BCUT2D eigenvalue weighted by atomic mass is 32.2. The fraction of sp³-hybridized carbons (Fsp3) is 0.500. The van der Waals surface area contributed by atoms with Crippen molar-refractivity contribution in [2.24, 2.45) is 0 Å². The molecule has 1 aromatic carbocycles. The molecule has 0 heterocycles. The van der Waals surface area contributed by atoms with Crippen molar-refractivity contribution in [3.63, 3.8) is 0 Å². The Labute approximate surface area is 125 Å². The Hall–Kier alpha value is -1.60. The summed E-state index contributed by atoms with van der Waals surface area (Å²) >= 11 is 0. The minimum Gasteiger partial charge on any atom is -0.492 e. The normalized spacial score (nSPS) is 11.6. The van der Waals surface area contributed by atoms with Gasteiger partial charge in [0.25, 0.3) is 0 Å². The molecule has 0 aromatic heterocycles.